The van der Waals surface area contributed by atoms with Gasteiger partial charge in [0, 0.05) is 45.2 Å². The maximum atomic E-state index is 12.8. The summed E-state index contributed by atoms with van der Waals surface area (Å²) in [5.74, 6) is 1.20. The molecule has 0 bridgehead atoms. The molecule has 1 aliphatic heterocycles. The van der Waals surface area contributed by atoms with Crippen molar-refractivity contribution in [2.45, 2.75) is 39.2 Å². The van der Waals surface area contributed by atoms with Gasteiger partial charge in [0.25, 0.3) is 11.5 Å². The summed E-state index contributed by atoms with van der Waals surface area (Å²) in [7, 11) is 0. The molecule has 170 valence electrons. The Labute approximate surface area is 190 Å². The van der Waals surface area contributed by atoms with Crippen LogP contribution in [-0.2, 0) is 13.0 Å². The molecule has 10 heteroatoms. The maximum Gasteiger partial charge on any atom is 0.274 e. The molecule has 4 rings (SSSR count). The fraction of sp³-hybridized carbons (Fsp3) is 0.500. The average molecular weight is 457 g/mol. The van der Waals surface area contributed by atoms with Gasteiger partial charge >= 0.3 is 0 Å². The van der Waals surface area contributed by atoms with Crippen LogP contribution < -0.4 is 5.56 Å². The van der Waals surface area contributed by atoms with Crippen molar-refractivity contribution in [2.75, 3.05) is 32.7 Å². The number of aryl methyl sites for hydroxylation is 2. The van der Waals surface area contributed by atoms with Gasteiger partial charge in [0.15, 0.2) is 0 Å². The number of rotatable bonds is 9. The molecule has 0 aromatic carbocycles. The third-order valence-electron chi connectivity index (χ3n) is 5.54. The van der Waals surface area contributed by atoms with Crippen LogP contribution in [0.1, 0.15) is 42.6 Å². The largest absolute Gasteiger partial charge is 0.339 e. The van der Waals surface area contributed by atoms with E-state index in [4.69, 9.17) is 4.52 Å². The molecule has 9 nitrogen and oxygen atoms in total. The van der Waals surface area contributed by atoms with E-state index < -0.39 is 0 Å². The van der Waals surface area contributed by atoms with Gasteiger partial charge < -0.3 is 9.42 Å². The van der Waals surface area contributed by atoms with Crippen LogP contribution in [0.4, 0.5) is 0 Å². The zero-order valence-electron chi connectivity index (χ0n) is 18.3. The molecule has 0 saturated carbocycles. The molecule has 32 heavy (non-hydrogen) atoms. The van der Waals surface area contributed by atoms with Gasteiger partial charge in [-0.3, -0.25) is 14.5 Å². The molecule has 0 radical (unpaired) electrons. The first kappa shape index (κ1) is 22.3. The fourth-order valence-corrected chi connectivity index (χ4v) is 4.33. The van der Waals surface area contributed by atoms with Crippen molar-refractivity contribution in [3.05, 3.63) is 51.6 Å². The van der Waals surface area contributed by atoms with Crippen LogP contribution in [0.5, 0.6) is 0 Å². The SMILES string of the molecule is CCCCn1nc(C(=O)N2CCN(CCCc3nc(-c4cccs4)no3)CC2)ccc1=O. The molecule has 1 aliphatic rings. The average Bonchev–Trinajstić information content (AvgIpc) is 3.51. The number of hydrogen-bond donors (Lipinski definition) is 0. The lowest BCUT2D eigenvalue weighted by Crippen LogP contribution is -2.49. The molecule has 3 aromatic heterocycles. The van der Waals surface area contributed by atoms with Gasteiger partial charge in [0.05, 0.1) is 4.88 Å². The smallest absolute Gasteiger partial charge is 0.274 e. The Hall–Kier alpha value is -2.85. The first-order chi connectivity index (χ1) is 15.6. The van der Waals surface area contributed by atoms with E-state index in [-0.39, 0.29) is 11.5 Å². The van der Waals surface area contributed by atoms with Crippen molar-refractivity contribution in [3.8, 4) is 10.7 Å². The molecule has 3 aromatic rings. The van der Waals surface area contributed by atoms with Crippen molar-refractivity contribution < 1.29 is 9.32 Å². The minimum atomic E-state index is -0.163. The van der Waals surface area contributed by atoms with Crippen LogP contribution in [0, 0.1) is 0 Å². The molecule has 0 unspecified atom stereocenters. The Morgan fingerprint density at radius 1 is 1.12 bits per heavy atom. The van der Waals surface area contributed by atoms with Crippen LogP contribution in [-0.4, -0.2) is 68.4 Å². The van der Waals surface area contributed by atoms with E-state index in [1.807, 2.05) is 22.4 Å². The monoisotopic (exact) mass is 456 g/mol. The highest BCUT2D eigenvalue weighted by Crippen LogP contribution is 2.21. The van der Waals surface area contributed by atoms with Crippen LogP contribution in [0.2, 0.25) is 0 Å². The van der Waals surface area contributed by atoms with E-state index in [0.717, 1.165) is 50.2 Å². The summed E-state index contributed by atoms with van der Waals surface area (Å²) in [5, 5.41) is 10.3. The molecule has 0 aliphatic carbocycles. The zero-order valence-corrected chi connectivity index (χ0v) is 19.1. The lowest BCUT2D eigenvalue weighted by atomic mass is 10.2. The highest BCUT2D eigenvalue weighted by Gasteiger charge is 2.23. The highest BCUT2D eigenvalue weighted by molar-refractivity contribution is 7.13. The molecular weight excluding hydrogens is 428 g/mol. The molecule has 4 heterocycles. The number of nitrogens with zero attached hydrogens (tertiary/aromatic N) is 6. The maximum absolute atomic E-state index is 12.8. The van der Waals surface area contributed by atoms with Crippen LogP contribution in [0.15, 0.2) is 39.0 Å². The van der Waals surface area contributed by atoms with E-state index in [9.17, 15) is 9.59 Å². The van der Waals surface area contributed by atoms with Gasteiger partial charge in [0.1, 0.15) is 5.69 Å². The minimum Gasteiger partial charge on any atom is -0.339 e. The van der Waals surface area contributed by atoms with Crippen molar-refractivity contribution in [1.29, 1.82) is 0 Å². The molecule has 0 atom stereocenters. The van der Waals surface area contributed by atoms with Crippen LogP contribution >= 0.6 is 11.3 Å². The zero-order chi connectivity index (χ0) is 22.3. The third-order valence-corrected chi connectivity index (χ3v) is 6.41. The molecular formula is C22H28N6O3S. The fourth-order valence-electron chi connectivity index (χ4n) is 3.68. The highest BCUT2D eigenvalue weighted by atomic mass is 32.1. The Bertz CT molecular complexity index is 1070. The quantitative estimate of drug-likeness (QED) is 0.488. The second kappa shape index (κ2) is 10.6. The Kier molecular flexibility index (Phi) is 7.43. The third kappa shape index (κ3) is 5.49. The summed E-state index contributed by atoms with van der Waals surface area (Å²) >= 11 is 1.59. The summed E-state index contributed by atoms with van der Waals surface area (Å²) in [5.41, 5.74) is 0.177. The molecule has 1 fully saturated rings. The summed E-state index contributed by atoms with van der Waals surface area (Å²) in [6.07, 6.45) is 3.49. The van der Waals surface area contributed by atoms with E-state index in [2.05, 4.69) is 27.1 Å². The van der Waals surface area contributed by atoms with Gasteiger partial charge in [-0.2, -0.15) is 10.1 Å². The number of aromatic nitrogens is 4. The Morgan fingerprint density at radius 2 is 1.97 bits per heavy atom. The van der Waals surface area contributed by atoms with Crippen molar-refractivity contribution in [3.63, 3.8) is 0 Å². The number of amides is 1. The molecule has 0 spiro atoms. The lowest BCUT2D eigenvalue weighted by molar-refractivity contribution is 0.0627. The van der Waals surface area contributed by atoms with Crippen molar-refractivity contribution in [1.82, 2.24) is 29.7 Å². The second-order valence-corrected chi connectivity index (χ2v) is 8.81. The second-order valence-electron chi connectivity index (χ2n) is 7.86. The Morgan fingerprint density at radius 3 is 2.72 bits per heavy atom. The predicted octanol–water partition coefficient (Wildman–Crippen LogP) is 2.55. The van der Waals surface area contributed by atoms with Crippen molar-refractivity contribution >= 4 is 17.2 Å². The summed E-state index contributed by atoms with van der Waals surface area (Å²) in [6, 6.07) is 6.93. The number of hydrogen-bond acceptors (Lipinski definition) is 8. The summed E-state index contributed by atoms with van der Waals surface area (Å²) in [4.78, 5) is 34.4. The van der Waals surface area contributed by atoms with Crippen molar-refractivity contribution in [2.24, 2.45) is 0 Å². The van der Waals surface area contributed by atoms with Gasteiger partial charge in [-0.1, -0.05) is 24.6 Å². The predicted molar refractivity (Wildman–Crippen MR) is 122 cm³/mol. The topological polar surface area (TPSA) is 97.4 Å². The molecule has 1 amide bonds. The van der Waals surface area contributed by atoms with Gasteiger partial charge in [0.2, 0.25) is 11.7 Å². The summed E-state index contributed by atoms with van der Waals surface area (Å²) < 4.78 is 6.76. The van der Waals surface area contributed by atoms with Gasteiger partial charge in [-0.25, -0.2) is 4.68 Å². The normalized spacial score (nSPS) is 14.7. The molecule has 0 N–H and O–H groups in total. The Balaban J connectivity index is 1.23. The van der Waals surface area contributed by atoms with E-state index in [0.29, 0.717) is 37.0 Å². The van der Waals surface area contributed by atoms with Gasteiger partial charge in [-0.05, 0) is 36.9 Å². The number of piperazine rings is 1. The van der Waals surface area contributed by atoms with Crippen LogP contribution in [0.3, 0.4) is 0 Å². The number of carbonyl (C=O) groups excluding carboxylic acids is 1. The van der Waals surface area contributed by atoms with Gasteiger partial charge in [-0.15, -0.1) is 11.3 Å². The summed E-state index contributed by atoms with van der Waals surface area (Å²) in [6.45, 7) is 6.44. The number of carbonyl (C=O) groups is 1. The number of thiophene rings is 1. The standard InChI is InChI=1S/C22H28N6O3S/c1-2-3-11-28-20(29)9-8-17(24-28)22(30)27-14-12-26(13-15-27)10-4-7-19-23-21(25-31-19)18-6-5-16-32-18/h5-6,8-9,16H,2-4,7,10-15H2,1H3. The van der Waals surface area contributed by atoms with Crippen LogP contribution in [0.25, 0.3) is 10.7 Å². The van der Waals surface area contributed by atoms with E-state index >= 15 is 0 Å². The van der Waals surface area contributed by atoms with E-state index in [1.165, 1.54) is 16.8 Å². The number of unbranched alkanes of at least 4 members (excludes halogenated alkanes) is 1. The first-order valence-corrected chi connectivity index (χ1v) is 12.0. The van der Waals surface area contributed by atoms with E-state index in [1.54, 1.807) is 11.3 Å². The minimum absolute atomic E-state index is 0.109. The lowest BCUT2D eigenvalue weighted by Gasteiger charge is -2.34. The molecule has 1 saturated heterocycles. The first-order valence-electron chi connectivity index (χ1n) is 11.1.